The number of aryl methyl sites for hydroxylation is 1. The van der Waals surface area contributed by atoms with E-state index in [0.29, 0.717) is 19.4 Å². The fourth-order valence-corrected chi connectivity index (χ4v) is 2.62. The van der Waals surface area contributed by atoms with Gasteiger partial charge in [-0.15, -0.1) is 0 Å². The lowest BCUT2D eigenvalue weighted by atomic mass is 10.1. The Balaban J connectivity index is 1.65. The first-order valence-corrected chi connectivity index (χ1v) is 7.76. The van der Waals surface area contributed by atoms with Gasteiger partial charge >= 0.3 is 5.97 Å². The lowest BCUT2D eigenvalue weighted by molar-refractivity contribution is -0.140. The topological polar surface area (TPSA) is 60.5 Å². The number of fused-ring (bicyclic) bond motifs is 1. The van der Waals surface area contributed by atoms with E-state index in [1.54, 1.807) is 0 Å². The van der Waals surface area contributed by atoms with E-state index in [-0.39, 0.29) is 5.97 Å². The highest BCUT2D eigenvalue weighted by molar-refractivity contribution is 5.69. The number of nitrogens with zero attached hydrogens (tertiary/aromatic N) is 1. The van der Waals surface area contributed by atoms with Crippen molar-refractivity contribution >= 4 is 11.8 Å². The summed E-state index contributed by atoms with van der Waals surface area (Å²) in [7, 11) is 1.40. The second kappa shape index (κ2) is 7.13. The van der Waals surface area contributed by atoms with E-state index in [4.69, 9.17) is 4.74 Å². The number of anilines is 1. The number of nitrogens with one attached hydrogen (secondary N) is 1. The SMILES string of the molecule is COC(=O)CCc1ccccc1OCc1ccc2c(n1)NCC2. The van der Waals surface area contributed by atoms with Gasteiger partial charge in [-0.25, -0.2) is 4.98 Å². The van der Waals surface area contributed by atoms with Crippen LogP contribution in [0.15, 0.2) is 36.4 Å². The zero-order chi connectivity index (χ0) is 16.1. The standard InChI is InChI=1S/C18H20N2O3/c1-22-17(21)9-7-13-4-2-3-5-16(13)23-12-15-8-6-14-10-11-19-18(14)20-15/h2-6,8H,7,9-12H2,1H3,(H,19,20). The first kappa shape index (κ1) is 15.3. The number of aromatic nitrogens is 1. The molecule has 1 aromatic carbocycles. The summed E-state index contributed by atoms with van der Waals surface area (Å²) in [6.07, 6.45) is 1.97. The number of hydrogen-bond acceptors (Lipinski definition) is 5. The summed E-state index contributed by atoms with van der Waals surface area (Å²) in [6.45, 7) is 1.35. The molecular weight excluding hydrogens is 292 g/mol. The number of esters is 1. The molecule has 0 amide bonds. The Morgan fingerprint density at radius 1 is 1.26 bits per heavy atom. The maximum absolute atomic E-state index is 11.3. The van der Waals surface area contributed by atoms with Gasteiger partial charge in [0, 0.05) is 13.0 Å². The summed E-state index contributed by atoms with van der Waals surface area (Å²) in [4.78, 5) is 15.9. The molecule has 0 saturated heterocycles. The lowest BCUT2D eigenvalue weighted by Gasteiger charge is -2.11. The molecule has 1 aliphatic heterocycles. The average Bonchev–Trinajstić information content (AvgIpc) is 3.06. The van der Waals surface area contributed by atoms with Crippen molar-refractivity contribution in [1.82, 2.24) is 4.98 Å². The molecule has 0 radical (unpaired) electrons. The van der Waals surface area contributed by atoms with Crippen molar-refractivity contribution in [2.75, 3.05) is 19.0 Å². The molecule has 0 atom stereocenters. The van der Waals surface area contributed by atoms with Gasteiger partial charge in [-0.3, -0.25) is 4.79 Å². The molecule has 2 heterocycles. The summed E-state index contributed by atoms with van der Waals surface area (Å²) in [6, 6.07) is 11.9. The number of methoxy groups -OCH3 is 1. The molecule has 1 aliphatic rings. The van der Waals surface area contributed by atoms with Crippen LogP contribution in [-0.2, 0) is 29.0 Å². The van der Waals surface area contributed by atoms with E-state index < -0.39 is 0 Å². The van der Waals surface area contributed by atoms with Gasteiger partial charge in [-0.05, 0) is 36.1 Å². The number of carbonyl (C=O) groups is 1. The summed E-state index contributed by atoms with van der Waals surface area (Å²) in [5.41, 5.74) is 3.14. The van der Waals surface area contributed by atoms with Crippen molar-refractivity contribution in [3.05, 3.63) is 53.2 Å². The third-order valence-electron chi connectivity index (χ3n) is 3.90. The van der Waals surface area contributed by atoms with E-state index >= 15 is 0 Å². The number of para-hydroxylation sites is 1. The Labute approximate surface area is 135 Å². The molecule has 0 saturated carbocycles. The van der Waals surface area contributed by atoms with Crippen molar-refractivity contribution in [2.45, 2.75) is 25.9 Å². The quantitative estimate of drug-likeness (QED) is 0.831. The Hall–Kier alpha value is -2.56. The van der Waals surface area contributed by atoms with Gasteiger partial charge in [0.15, 0.2) is 0 Å². The van der Waals surface area contributed by atoms with Gasteiger partial charge < -0.3 is 14.8 Å². The van der Waals surface area contributed by atoms with Crippen molar-refractivity contribution in [2.24, 2.45) is 0 Å². The van der Waals surface area contributed by atoms with Crippen LogP contribution in [-0.4, -0.2) is 24.6 Å². The fourth-order valence-electron chi connectivity index (χ4n) is 2.62. The minimum atomic E-state index is -0.217. The van der Waals surface area contributed by atoms with Crippen LogP contribution in [0.25, 0.3) is 0 Å². The third-order valence-corrected chi connectivity index (χ3v) is 3.90. The molecule has 5 nitrogen and oxygen atoms in total. The van der Waals surface area contributed by atoms with Crippen LogP contribution in [0, 0.1) is 0 Å². The van der Waals surface area contributed by atoms with E-state index in [1.165, 1.54) is 12.7 Å². The zero-order valence-electron chi connectivity index (χ0n) is 13.2. The number of carbonyl (C=O) groups excluding carboxylic acids is 1. The van der Waals surface area contributed by atoms with E-state index in [0.717, 1.165) is 35.8 Å². The number of benzene rings is 1. The van der Waals surface area contributed by atoms with Crippen LogP contribution in [0.3, 0.4) is 0 Å². The van der Waals surface area contributed by atoms with Gasteiger partial charge in [0.05, 0.1) is 12.8 Å². The third kappa shape index (κ3) is 3.80. The predicted octanol–water partition coefficient (Wildman–Crippen LogP) is 2.73. The van der Waals surface area contributed by atoms with Crippen LogP contribution in [0.4, 0.5) is 5.82 Å². The average molecular weight is 312 g/mol. The lowest BCUT2D eigenvalue weighted by Crippen LogP contribution is -2.05. The van der Waals surface area contributed by atoms with Crippen LogP contribution in [0.2, 0.25) is 0 Å². The molecule has 0 bridgehead atoms. The van der Waals surface area contributed by atoms with Crippen LogP contribution in [0.1, 0.15) is 23.2 Å². The minimum absolute atomic E-state index is 0.217. The molecule has 0 aliphatic carbocycles. The number of ether oxygens (including phenoxy) is 2. The monoisotopic (exact) mass is 312 g/mol. The highest BCUT2D eigenvalue weighted by Crippen LogP contribution is 2.23. The minimum Gasteiger partial charge on any atom is -0.487 e. The summed E-state index contributed by atoms with van der Waals surface area (Å²) in [5, 5.41) is 3.27. The maximum atomic E-state index is 11.3. The zero-order valence-corrected chi connectivity index (χ0v) is 13.2. The van der Waals surface area contributed by atoms with E-state index in [2.05, 4.69) is 21.1 Å². The molecule has 1 aromatic heterocycles. The molecule has 5 heteroatoms. The fraction of sp³-hybridized carbons (Fsp3) is 0.333. The van der Waals surface area contributed by atoms with Gasteiger partial charge in [-0.2, -0.15) is 0 Å². The Morgan fingerprint density at radius 3 is 3.00 bits per heavy atom. The Bertz CT molecular complexity index is 700. The van der Waals surface area contributed by atoms with Crippen molar-refractivity contribution in [3.63, 3.8) is 0 Å². The molecule has 23 heavy (non-hydrogen) atoms. The smallest absolute Gasteiger partial charge is 0.305 e. The van der Waals surface area contributed by atoms with Gasteiger partial charge in [-0.1, -0.05) is 24.3 Å². The van der Waals surface area contributed by atoms with Crippen molar-refractivity contribution in [1.29, 1.82) is 0 Å². The van der Waals surface area contributed by atoms with E-state index in [1.807, 2.05) is 30.3 Å². The summed E-state index contributed by atoms with van der Waals surface area (Å²) < 4.78 is 10.6. The highest BCUT2D eigenvalue weighted by atomic mass is 16.5. The number of rotatable bonds is 6. The molecular formula is C18H20N2O3. The highest BCUT2D eigenvalue weighted by Gasteiger charge is 2.12. The van der Waals surface area contributed by atoms with Gasteiger partial charge in [0.1, 0.15) is 18.2 Å². The molecule has 120 valence electrons. The predicted molar refractivity (Wildman–Crippen MR) is 87.5 cm³/mol. The number of hydrogen-bond donors (Lipinski definition) is 1. The second-order valence-electron chi connectivity index (χ2n) is 5.46. The van der Waals surface area contributed by atoms with Gasteiger partial charge in [0.2, 0.25) is 0 Å². The number of pyridine rings is 1. The van der Waals surface area contributed by atoms with Crippen molar-refractivity contribution < 1.29 is 14.3 Å². The molecule has 2 aromatic rings. The van der Waals surface area contributed by atoms with Crippen LogP contribution >= 0.6 is 0 Å². The summed E-state index contributed by atoms with van der Waals surface area (Å²) in [5.74, 6) is 1.53. The summed E-state index contributed by atoms with van der Waals surface area (Å²) >= 11 is 0. The molecule has 0 fully saturated rings. The molecule has 3 rings (SSSR count). The first-order chi connectivity index (χ1) is 11.3. The molecule has 0 unspecified atom stereocenters. The maximum Gasteiger partial charge on any atom is 0.305 e. The normalized spacial score (nSPS) is 12.4. The molecule has 1 N–H and O–H groups in total. The Kier molecular flexibility index (Phi) is 4.76. The van der Waals surface area contributed by atoms with Gasteiger partial charge in [0.25, 0.3) is 0 Å². The Morgan fingerprint density at radius 2 is 2.13 bits per heavy atom. The van der Waals surface area contributed by atoms with Crippen molar-refractivity contribution in [3.8, 4) is 5.75 Å². The van der Waals surface area contributed by atoms with E-state index in [9.17, 15) is 4.79 Å². The molecule has 0 spiro atoms. The largest absolute Gasteiger partial charge is 0.487 e. The van der Waals surface area contributed by atoms with Crippen LogP contribution < -0.4 is 10.1 Å². The second-order valence-corrected chi connectivity index (χ2v) is 5.46. The first-order valence-electron chi connectivity index (χ1n) is 7.76. The van der Waals surface area contributed by atoms with Crippen LogP contribution in [0.5, 0.6) is 5.75 Å².